The molecule has 5 heteroatoms. The highest BCUT2D eigenvalue weighted by molar-refractivity contribution is 9.11. The molecule has 2 aromatic carbocycles. The van der Waals surface area contributed by atoms with Crippen LogP contribution in [0.3, 0.4) is 0 Å². The van der Waals surface area contributed by atoms with Crippen molar-refractivity contribution in [3.63, 3.8) is 0 Å². The highest BCUT2D eigenvalue weighted by Gasteiger charge is 2.09. The third-order valence-corrected chi connectivity index (χ3v) is 4.00. The van der Waals surface area contributed by atoms with Crippen LogP contribution in [0, 0.1) is 0 Å². The molecule has 0 unspecified atom stereocenters. The van der Waals surface area contributed by atoms with Gasteiger partial charge in [0.15, 0.2) is 0 Å². The van der Waals surface area contributed by atoms with E-state index in [-0.39, 0.29) is 5.91 Å². The predicted molar refractivity (Wildman–Crippen MR) is 88.7 cm³/mol. The van der Waals surface area contributed by atoms with E-state index in [2.05, 4.69) is 37.2 Å². The van der Waals surface area contributed by atoms with Crippen molar-refractivity contribution >= 4 is 43.5 Å². The van der Waals surface area contributed by atoms with Gasteiger partial charge >= 0.3 is 0 Å². The van der Waals surface area contributed by atoms with Crippen molar-refractivity contribution in [3.05, 3.63) is 62.5 Å². The van der Waals surface area contributed by atoms with E-state index < -0.39 is 0 Å². The van der Waals surface area contributed by atoms with Gasteiger partial charge in [-0.05, 0) is 58.2 Å². The van der Waals surface area contributed by atoms with E-state index in [9.17, 15) is 4.79 Å². The number of benzene rings is 2. The average molecular weight is 398 g/mol. The zero-order valence-corrected chi connectivity index (χ0v) is 13.9. The van der Waals surface area contributed by atoms with E-state index in [1.807, 2.05) is 36.4 Å². The molecule has 0 heterocycles. The van der Waals surface area contributed by atoms with Gasteiger partial charge in [-0.2, -0.15) is 0 Å². The van der Waals surface area contributed by atoms with Crippen molar-refractivity contribution in [2.45, 2.75) is 6.42 Å². The summed E-state index contributed by atoms with van der Waals surface area (Å²) in [6, 6.07) is 13.2. The van der Waals surface area contributed by atoms with Crippen molar-refractivity contribution in [2.24, 2.45) is 0 Å². The summed E-state index contributed by atoms with van der Waals surface area (Å²) in [7, 11) is 0. The van der Waals surface area contributed by atoms with Gasteiger partial charge in [0.2, 0.25) is 0 Å². The van der Waals surface area contributed by atoms with Gasteiger partial charge in [0, 0.05) is 21.2 Å². The number of carbonyl (C=O) groups is 1. The molecule has 104 valence electrons. The van der Waals surface area contributed by atoms with Crippen LogP contribution in [0.5, 0.6) is 0 Å². The van der Waals surface area contributed by atoms with Gasteiger partial charge < -0.3 is 11.1 Å². The van der Waals surface area contributed by atoms with Gasteiger partial charge in [0.05, 0.1) is 5.56 Å². The van der Waals surface area contributed by atoms with E-state index in [0.717, 1.165) is 26.6 Å². The Labute approximate surface area is 134 Å². The SMILES string of the molecule is Nc1ccc(CCNC(=O)c2ccc(Br)cc2Br)cc1. The Bertz CT molecular complexity index is 612. The molecule has 2 rings (SSSR count). The Morgan fingerprint density at radius 1 is 1.10 bits per heavy atom. The van der Waals surface area contributed by atoms with E-state index in [0.29, 0.717) is 12.1 Å². The largest absolute Gasteiger partial charge is 0.399 e. The van der Waals surface area contributed by atoms with Crippen LogP contribution in [0.25, 0.3) is 0 Å². The minimum atomic E-state index is -0.0835. The number of anilines is 1. The van der Waals surface area contributed by atoms with E-state index >= 15 is 0 Å². The highest BCUT2D eigenvalue weighted by atomic mass is 79.9. The van der Waals surface area contributed by atoms with Crippen LogP contribution >= 0.6 is 31.9 Å². The minimum Gasteiger partial charge on any atom is -0.399 e. The van der Waals surface area contributed by atoms with Crippen molar-refractivity contribution in [1.29, 1.82) is 0 Å². The van der Waals surface area contributed by atoms with Gasteiger partial charge in [-0.3, -0.25) is 4.79 Å². The fourth-order valence-electron chi connectivity index (χ4n) is 1.77. The van der Waals surface area contributed by atoms with E-state index in [1.54, 1.807) is 6.07 Å². The summed E-state index contributed by atoms with van der Waals surface area (Å²) in [5.74, 6) is -0.0835. The van der Waals surface area contributed by atoms with Crippen LogP contribution in [-0.4, -0.2) is 12.5 Å². The number of hydrogen-bond acceptors (Lipinski definition) is 2. The van der Waals surface area contributed by atoms with Gasteiger partial charge in [-0.25, -0.2) is 0 Å². The molecule has 0 saturated heterocycles. The molecule has 0 aliphatic rings. The number of halogens is 2. The number of carbonyl (C=O) groups excluding carboxylic acids is 1. The highest BCUT2D eigenvalue weighted by Crippen LogP contribution is 2.21. The smallest absolute Gasteiger partial charge is 0.252 e. The molecular weight excluding hydrogens is 384 g/mol. The zero-order chi connectivity index (χ0) is 14.5. The quantitative estimate of drug-likeness (QED) is 0.771. The summed E-state index contributed by atoms with van der Waals surface area (Å²) in [6.07, 6.45) is 0.778. The molecule has 2 aromatic rings. The maximum absolute atomic E-state index is 12.0. The topological polar surface area (TPSA) is 55.1 Å². The molecule has 0 aliphatic carbocycles. The van der Waals surface area contributed by atoms with Gasteiger partial charge in [0.1, 0.15) is 0 Å². The van der Waals surface area contributed by atoms with Crippen LogP contribution in [-0.2, 0) is 6.42 Å². The van der Waals surface area contributed by atoms with Gasteiger partial charge in [-0.15, -0.1) is 0 Å². The number of hydrogen-bond donors (Lipinski definition) is 2. The second-order valence-electron chi connectivity index (χ2n) is 4.37. The molecule has 3 nitrogen and oxygen atoms in total. The number of nitrogens with two attached hydrogens (primary N) is 1. The molecule has 0 saturated carbocycles. The first kappa shape index (κ1) is 15.1. The van der Waals surface area contributed by atoms with Crippen molar-refractivity contribution in [2.75, 3.05) is 12.3 Å². The van der Waals surface area contributed by atoms with Crippen molar-refractivity contribution < 1.29 is 4.79 Å². The second-order valence-corrected chi connectivity index (χ2v) is 6.14. The van der Waals surface area contributed by atoms with Crippen LogP contribution in [0.1, 0.15) is 15.9 Å². The Balaban J connectivity index is 1.90. The molecule has 1 amide bonds. The maximum Gasteiger partial charge on any atom is 0.252 e. The van der Waals surface area contributed by atoms with Crippen LogP contribution in [0.2, 0.25) is 0 Å². The monoisotopic (exact) mass is 396 g/mol. The molecule has 20 heavy (non-hydrogen) atoms. The number of nitrogens with one attached hydrogen (secondary N) is 1. The predicted octanol–water partition coefficient (Wildman–Crippen LogP) is 3.77. The summed E-state index contributed by atoms with van der Waals surface area (Å²) in [5.41, 5.74) is 8.15. The van der Waals surface area contributed by atoms with Crippen molar-refractivity contribution in [3.8, 4) is 0 Å². The van der Waals surface area contributed by atoms with Crippen LogP contribution < -0.4 is 11.1 Å². The van der Waals surface area contributed by atoms with Crippen molar-refractivity contribution in [1.82, 2.24) is 5.32 Å². The normalized spacial score (nSPS) is 10.3. The Hall–Kier alpha value is -1.33. The summed E-state index contributed by atoms with van der Waals surface area (Å²) in [4.78, 5) is 12.0. The van der Waals surface area contributed by atoms with E-state index in [4.69, 9.17) is 5.73 Å². The minimum absolute atomic E-state index is 0.0835. The average Bonchev–Trinajstić information content (AvgIpc) is 2.41. The first-order valence-electron chi connectivity index (χ1n) is 6.14. The van der Waals surface area contributed by atoms with Gasteiger partial charge in [0.25, 0.3) is 5.91 Å². The summed E-state index contributed by atoms with van der Waals surface area (Å²) in [6.45, 7) is 0.589. The first-order chi connectivity index (χ1) is 9.56. The summed E-state index contributed by atoms with van der Waals surface area (Å²) in [5, 5.41) is 2.91. The third-order valence-electron chi connectivity index (χ3n) is 2.85. The molecule has 0 fully saturated rings. The number of amides is 1. The molecule has 0 radical (unpaired) electrons. The molecule has 0 aromatic heterocycles. The summed E-state index contributed by atoms with van der Waals surface area (Å²) >= 11 is 6.75. The Morgan fingerprint density at radius 2 is 1.80 bits per heavy atom. The molecule has 0 atom stereocenters. The number of nitrogen functional groups attached to an aromatic ring is 1. The molecule has 3 N–H and O–H groups in total. The van der Waals surface area contributed by atoms with Gasteiger partial charge in [-0.1, -0.05) is 28.1 Å². The lowest BCUT2D eigenvalue weighted by molar-refractivity contribution is 0.0953. The third kappa shape index (κ3) is 4.08. The molecule has 0 bridgehead atoms. The Morgan fingerprint density at radius 3 is 2.45 bits per heavy atom. The van der Waals surface area contributed by atoms with E-state index in [1.165, 1.54) is 0 Å². The van der Waals surface area contributed by atoms with Crippen LogP contribution in [0.15, 0.2) is 51.4 Å². The standard InChI is InChI=1S/C15H14Br2N2O/c16-11-3-6-13(14(17)9-11)15(20)19-8-7-10-1-4-12(18)5-2-10/h1-6,9H,7-8,18H2,(H,19,20). The summed E-state index contributed by atoms with van der Waals surface area (Å²) < 4.78 is 1.71. The maximum atomic E-state index is 12.0. The second kappa shape index (κ2) is 6.90. The lowest BCUT2D eigenvalue weighted by Crippen LogP contribution is -2.26. The lowest BCUT2D eigenvalue weighted by atomic mass is 10.1. The first-order valence-corrected chi connectivity index (χ1v) is 7.72. The Kier molecular flexibility index (Phi) is 5.20. The fraction of sp³-hybridized carbons (Fsp3) is 0.133. The zero-order valence-electron chi connectivity index (χ0n) is 10.7. The lowest BCUT2D eigenvalue weighted by Gasteiger charge is -2.07. The number of rotatable bonds is 4. The molecule has 0 spiro atoms. The molecular formula is C15H14Br2N2O. The van der Waals surface area contributed by atoms with Crippen LogP contribution in [0.4, 0.5) is 5.69 Å². The fourth-order valence-corrected chi connectivity index (χ4v) is 3.00. The molecule has 0 aliphatic heterocycles.